The molecule has 1 saturated heterocycles. The molecule has 0 bridgehead atoms. The summed E-state index contributed by atoms with van der Waals surface area (Å²) in [6, 6.07) is 8.66. The van der Waals surface area contributed by atoms with Gasteiger partial charge in [-0.15, -0.1) is 0 Å². The average Bonchev–Trinajstić information content (AvgIpc) is 3.49. The Morgan fingerprint density at radius 1 is 1.17 bits per heavy atom. The molecule has 10 heteroatoms. The maximum atomic E-state index is 14.9. The maximum absolute atomic E-state index is 14.9. The van der Waals surface area contributed by atoms with Gasteiger partial charge in [0.1, 0.15) is 29.3 Å². The molecule has 41 heavy (non-hydrogen) atoms. The van der Waals surface area contributed by atoms with E-state index in [4.69, 9.17) is 14.1 Å². The lowest BCUT2D eigenvalue weighted by Gasteiger charge is -2.41. The van der Waals surface area contributed by atoms with Crippen molar-refractivity contribution in [2.45, 2.75) is 72.2 Å². The van der Waals surface area contributed by atoms with Gasteiger partial charge in [0, 0.05) is 51.7 Å². The van der Waals surface area contributed by atoms with Crippen molar-refractivity contribution >= 4 is 17.4 Å². The smallest absolute Gasteiger partial charge is 0.303 e. The van der Waals surface area contributed by atoms with Crippen molar-refractivity contribution in [2.75, 3.05) is 19.6 Å². The number of oxazole rings is 1. The van der Waals surface area contributed by atoms with Crippen LogP contribution < -0.4 is 5.32 Å². The lowest BCUT2D eigenvalue weighted by Crippen LogP contribution is -2.49. The van der Waals surface area contributed by atoms with E-state index in [1.54, 1.807) is 0 Å². The number of halogens is 3. The van der Waals surface area contributed by atoms with E-state index >= 15 is 0 Å². The molecule has 222 valence electrons. The molecule has 1 aromatic heterocycles. The highest BCUT2D eigenvalue weighted by atomic mass is 19.1. The Morgan fingerprint density at radius 3 is 2.49 bits per heavy atom. The fourth-order valence-electron chi connectivity index (χ4n) is 5.46. The number of carbonyl (C=O) groups is 2. The summed E-state index contributed by atoms with van der Waals surface area (Å²) in [6.45, 7) is 9.00. The van der Waals surface area contributed by atoms with Gasteiger partial charge in [0.05, 0.1) is 11.6 Å². The van der Waals surface area contributed by atoms with Crippen LogP contribution in [-0.2, 0) is 20.7 Å². The summed E-state index contributed by atoms with van der Waals surface area (Å²) in [5.74, 6) is -2.36. The third kappa shape index (κ3) is 7.28. The highest BCUT2D eigenvalue weighted by Gasteiger charge is 2.43. The van der Waals surface area contributed by atoms with Gasteiger partial charge in [-0.2, -0.15) is 0 Å². The van der Waals surface area contributed by atoms with Crippen LogP contribution in [0.1, 0.15) is 76.4 Å². The second kappa shape index (κ2) is 12.6. The van der Waals surface area contributed by atoms with Crippen molar-refractivity contribution in [3.8, 4) is 0 Å². The van der Waals surface area contributed by atoms with Crippen LogP contribution in [0.2, 0.25) is 0 Å². The second-order valence-electron chi connectivity index (χ2n) is 11.8. The van der Waals surface area contributed by atoms with Gasteiger partial charge in [-0.05, 0) is 24.0 Å². The Hall–Kier alpha value is -3.40. The van der Waals surface area contributed by atoms with Crippen molar-refractivity contribution in [1.29, 1.82) is 0 Å². The minimum Gasteiger partial charge on any atom is -0.453 e. The molecule has 7 nitrogen and oxygen atoms in total. The molecule has 0 spiro atoms. The number of carbonyl (C=O) groups excluding carboxylic acids is 2. The topological polar surface area (TPSA) is 84.7 Å². The summed E-state index contributed by atoms with van der Waals surface area (Å²) in [4.78, 5) is 31.9. The molecule has 1 aliphatic heterocycles. The van der Waals surface area contributed by atoms with E-state index in [9.17, 15) is 22.8 Å². The van der Waals surface area contributed by atoms with Gasteiger partial charge in [0.15, 0.2) is 6.10 Å². The number of rotatable bonds is 9. The first-order valence-electron chi connectivity index (χ1n) is 14.0. The minimum atomic E-state index is -1.18. The van der Waals surface area contributed by atoms with Crippen molar-refractivity contribution in [3.63, 3.8) is 0 Å². The summed E-state index contributed by atoms with van der Waals surface area (Å²) < 4.78 is 55.5. The maximum Gasteiger partial charge on any atom is 0.303 e. The molecule has 0 radical (unpaired) electrons. The van der Waals surface area contributed by atoms with Gasteiger partial charge >= 0.3 is 5.97 Å². The quantitative estimate of drug-likeness (QED) is 0.370. The van der Waals surface area contributed by atoms with E-state index in [0.29, 0.717) is 18.0 Å². The molecule has 0 saturated carbocycles. The lowest BCUT2D eigenvalue weighted by molar-refractivity contribution is -0.160. The molecule has 1 amide bonds. The minimum absolute atomic E-state index is 0.0269. The molecule has 4 rings (SSSR count). The van der Waals surface area contributed by atoms with Crippen LogP contribution in [0.3, 0.4) is 0 Å². The summed E-state index contributed by atoms with van der Waals surface area (Å²) in [5.41, 5.74) is 0.500. The number of hydrogen-bond acceptors (Lipinski definition) is 6. The van der Waals surface area contributed by atoms with Gasteiger partial charge in [0.2, 0.25) is 5.89 Å². The molecule has 4 unspecified atom stereocenters. The van der Waals surface area contributed by atoms with Crippen LogP contribution in [0.5, 0.6) is 0 Å². The number of allylic oxidation sites excluding steroid dienone is 4. The molecule has 1 aromatic carbocycles. The Labute approximate surface area is 238 Å². The van der Waals surface area contributed by atoms with E-state index in [2.05, 4.69) is 5.32 Å². The van der Waals surface area contributed by atoms with Crippen LogP contribution >= 0.6 is 0 Å². The fraction of sp³-hybridized carbons (Fsp3) is 0.516. The van der Waals surface area contributed by atoms with Gasteiger partial charge < -0.3 is 19.4 Å². The van der Waals surface area contributed by atoms with Gasteiger partial charge in [-0.3, -0.25) is 9.59 Å². The first-order chi connectivity index (χ1) is 19.3. The molecule has 1 aliphatic carbocycles. The standard InChI is InChI=1S/C31H38F3N3O4/c1-18(40-19(2)38)30(39)37(17-21-15-35-16-25(21)34)28(31(3,4)5)27-26(13-20-9-7-6-8-10-20)41-29(36-27)23-14-22(32)11-12-24(23)33/h6-10,14,18,21,25,28,35H,11-13,15-17H2,1-5H3. The molecule has 1 fully saturated rings. The molecule has 1 N–H and O–H groups in total. The van der Waals surface area contributed by atoms with Crippen LogP contribution in [0.15, 0.2) is 52.5 Å². The van der Waals surface area contributed by atoms with E-state index in [0.717, 1.165) is 11.6 Å². The first-order valence-corrected chi connectivity index (χ1v) is 14.0. The monoisotopic (exact) mass is 573 g/mol. The number of nitrogens with zero attached hydrogens (tertiary/aromatic N) is 2. The Bertz CT molecular complexity index is 1320. The zero-order valence-electron chi connectivity index (χ0n) is 24.2. The zero-order valence-corrected chi connectivity index (χ0v) is 24.2. The number of amides is 1. The summed E-state index contributed by atoms with van der Waals surface area (Å²) >= 11 is 0. The van der Waals surface area contributed by atoms with Crippen LogP contribution in [0.4, 0.5) is 13.2 Å². The Balaban J connectivity index is 1.87. The number of nitrogens with one attached hydrogen (secondary N) is 1. The van der Waals surface area contributed by atoms with Crippen molar-refractivity contribution in [2.24, 2.45) is 11.3 Å². The van der Waals surface area contributed by atoms with E-state index in [-0.39, 0.29) is 43.8 Å². The van der Waals surface area contributed by atoms with Gasteiger partial charge in [-0.1, -0.05) is 51.1 Å². The highest BCUT2D eigenvalue weighted by molar-refractivity contribution is 5.83. The number of hydrogen-bond donors (Lipinski definition) is 1. The highest BCUT2D eigenvalue weighted by Crippen LogP contribution is 2.43. The predicted molar refractivity (Wildman–Crippen MR) is 149 cm³/mol. The van der Waals surface area contributed by atoms with Crippen molar-refractivity contribution in [3.05, 3.63) is 71.0 Å². The Morgan fingerprint density at radius 2 is 1.88 bits per heavy atom. The summed E-state index contributed by atoms with van der Waals surface area (Å²) in [5, 5.41) is 3.02. The number of esters is 1. The lowest BCUT2D eigenvalue weighted by atomic mass is 9.81. The van der Waals surface area contributed by atoms with Crippen LogP contribution in [-0.4, -0.2) is 53.7 Å². The normalized spacial score (nSPS) is 20.9. The van der Waals surface area contributed by atoms with Crippen LogP contribution in [0.25, 0.3) is 5.57 Å². The van der Waals surface area contributed by atoms with Crippen molar-refractivity contribution < 1.29 is 31.9 Å². The third-order valence-corrected chi connectivity index (χ3v) is 7.40. The van der Waals surface area contributed by atoms with E-state index in [1.165, 1.54) is 18.7 Å². The average molecular weight is 574 g/mol. The number of alkyl halides is 1. The molecule has 2 aromatic rings. The predicted octanol–water partition coefficient (Wildman–Crippen LogP) is 6.02. The Kier molecular flexibility index (Phi) is 9.41. The molecular formula is C31H38F3N3O4. The third-order valence-electron chi connectivity index (χ3n) is 7.40. The van der Waals surface area contributed by atoms with Gasteiger partial charge in [0.25, 0.3) is 5.91 Å². The molecular weight excluding hydrogens is 535 g/mol. The molecule has 4 atom stereocenters. The fourth-order valence-corrected chi connectivity index (χ4v) is 5.46. The van der Waals surface area contributed by atoms with E-state index in [1.807, 2.05) is 51.1 Å². The van der Waals surface area contributed by atoms with E-state index < -0.39 is 53.2 Å². The molecule has 2 heterocycles. The summed E-state index contributed by atoms with van der Waals surface area (Å²) in [7, 11) is 0. The zero-order chi connectivity index (χ0) is 29.9. The van der Waals surface area contributed by atoms with Gasteiger partial charge in [-0.25, -0.2) is 18.2 Å². The number of ether oxygens (including phenoxy) is 1. The summed E-state index contributed by atoms with van der Waals surface area (Å²) in [6.07, 6.45) is -1.10. The SMILES string of the molecule is CC(=O)OC(C)C(=O)N(CC1CNCC1F)C(c1nc(C2=C(F)CCC(F)=C2)oc1Cc1ccccc1)C(C)(C)C. The largest absolute Gasteiger partial charge is 0.453 e. The van der Waals surface area contributed by atoms with Crippen molar-refractivity contribution in [1.82, 2.24) is 15.2 Å². The molecule has 2 aliphatic rings. The van der Waals surface area contributed by atoms with Crippen LogP contribution in [0, 0.1) is 11.3 Å². The number of benzene rings is 1. The first kappa shape index (κ1) is 30.6. The second-order valence-corrected chi connectivity index (χ2v) is 11.8. The number of aromatic nitrogens is 1.